The van der Waals surface area contributed by atoms with Crippen molar-refractivity contribution in [3.8, 4) is 5.88 Å². The van der Waals surface area contributed by atoms with Crippen molar-refractivity contribution < 1.29 is 4.74 Å². The molecule has 7 aliphatic rings. The second kappa shape index (κ2) is 10.7. The predicted molar refractivity (Wildman–Crippen MR) is 164 cm³/mol. The van der Waals surface area contributed by atoms with Crippen molar-refractivity contribution in [2.75, 3.05) is 26.2 Å². The maximum Gasteiger partial charge on any atom is 0.232 e. The molecule has 4 N–H and O–H groups in total. The van der Waals surface area contributed by atoms with Crippen molar-refractivity contribution in [3.63, 3.8) is 0 Å². The summed E-state index contributed by atoms with van der Waals surface area (Å²) in [6, 6.07) is 2.09. The van der Waals surface area contributed by atoms with Crippen molar-refractivity contribution in [1.29, 1.82) is 0 Å². The summed E-state index contributed by atoms with van der Waals surface area (Å²) in [5, 5.41) is 17.2. The van der Waals surface area contributed by atoms with Gasteiger partial charge < -0.3 is 10.1 Å². The highest BCUT2D eigenvalue weighted by Gasteiger charge is 2.85. The van der Waals surface area contributed by atoms with Crippen LogP contribution in [0.4, 0.5) is 0 Å². The molecule has 0 aromatic carbocycles. The molecule has 5 heterocycles. The van der Waals surface area contributed by atoms with Crippen LogP contribution in [0.2, 0.25) is 0 Å². The molecule has 6 unspecified atom stereocenters. The monoisotopic (exact) mass is 583 g/mol. The van der Waals surface area contributed by atoms with Crippen LogP contribution >= 0.6 is 11.9 Å². The molecule has 4 aliphatic heterocycles. The van der Waals surface area contributed by atoms with E-state index in [0.717, 1.165) is 54.7 Å². The molecule has 3 saturated carbocycles. The Hall–Kier alpha value is -0.840. The summed E-state index contributed by atoms with van der Waals surface area (Å²) >= 11 is 1.92. The number of nitrogens with one attached hydrogen (secondary N) is 4. The minimum Gasteiger partial charge on any atom is -0.477 e. The summed E-state index contributed by atoms with van der Waals surface area (Å²) in [7, 11) is 0. The molecule has 7 fully saturated rings. The van der Waals surface area contributed by atoms with Gasteiger partial charge in [0.2, 0.25) is 5.88 Å². The van der Waals surface area contributed by atoms with Gasteiger partial charge in [-0.3, -0.25) is 24.9 Å². The van der Waals surface area contributed by atoms with Crippen molar-refractivity contribution in [2.45, 2.75) is 127 Å². The highest BCUT2D eigenvalue weighted by molar-refractivity contribution is 7.98. The smallest absolute Gasteiger partial charge is 0.232 e. The van der Waals surface area contributed by atoms with E-state index < -0.39 is 0 Å². The van der Waals surface area contributed by atoms with Gasteiger partial charge in [0.15, 0.2) is 0 Å². The van der Waals surface area contributed by atoms with Crippen LogP contribution in [0.3, 0.4) is 0 Å². The number of hydrogen-bond donors (Lipinski definition) is 4. The van der Waals surface area contributed by atoms with E-state index in [0.29, 0.717) is 23.6 Å². The van der Waals surface area contributed by atoms with Gasteiger partial charge in [0, 0.05) is 36.8 Å². The van der Waals surface area contributed by atoms with E-state index in [9.17, 15) is 0 Å². The lowest BCUT2D eigenvalue weighted by atomic mass is 9.90. The first-order valence-corrected chi connectivity index (χ1v) is 17.9. The van der Waals surface area contributed by atoms with Gasteiger partial charge >= 0.3 is 0 Å². The number of fused-ring (bicyclic) bond motifs is 7. The minimum atomic E-state index is 0.206. The third kappa shape index (κ3) is 5.18. The molecule has 1 aromatic rings. The maximum atomic E-state index is 6.22. The van der Waals surface area contributed by atoms with Crippen LogP contribution in [0.1, 0.15) is 103 Å². The van der Waals surface area contributed by atoms with E-state index in [2.05, 4.69) is 56.4 Å². The molecular formula is C32H53N7OS. The van der Waals surface area contributed by atoms with Crippen molar-refractivity contribution in [3.05, 3.63) is 12.3 Å². The molecule has 0 amide bonds. The average Bonchev–Trinajstić information content (AvgIpc) is 3.91. The lowest BCUT2D eigenvalue weighted by molar-refractivity contribution is 0.00923. The molecular weight excluding hydrogens is 530 g/mol. The molecule has 228 valence electrons. The van der Waals surface area contributed by atoms with E-state index in [1.165, 1.54) is 83.6 Å². The first-order chi connectivity index (χ1) is 20.0. The third-order valence-electron chi connectivity index (χ3n) is 12.5. The van der Waals surface area contributed by atoms with Crippen LogP contribution in [0.5, 0.6) is 5.88 Å². The highest BCUT2D eigenvalue weighted by Crippen LogP contribution is 2.93. The number of hydrogen-bond acceptors (Lipinski definition) is 8. The molecule has 4 saturated heterocycles. The molecule has 8 nitrogen and oxygen atoms in total. The Morgan fingerprint density at radius 3 is 2.71 bits per heavy atom. The van der Waals surface area contributed by atoms with Gasteiger partial charge in [-0.1, -0.05) is 11.9 Å². The summed E-state index contributed by atoms with van der Waals surface area (Å²) in [4.78, 5) is 2.82. The zero-order valence-corrected chi connectivity index (χ0v) is 26.2. The van der Waals surface area contributed by atoms with Gasteiger partial charge in [0.1, 0.15) is 6.17 Å². The number of nitrogens with zero attached hydrogens (tertiary/aromatic N) is 3. The first kappa shape index (κ1) is 27.7. The quantitative estimate of drug-likeness (QED) is 0.368. The zero-order chi connectivity index (χ0) is 27.7. The predicted octanol–water partition coefficient (Wildman–Crippen LogP) is 4.81. The maximum absolute atomic E-state index is 6.22. The number of piperidine rings is 2. The Kier molecular flexibility index (Phi) is 7.20. The van der Waals surface area contributed by atoms with Crippen LogP contribution in [0, 0.1) is 28.6 Å². The van der Waals surface area contributed by atoms with Gasteiger partial charge in [0.05, 0.1) is 24.3 Å². The molecule has 41 heavy (non-hydrogen) atoms. The lowest BCUT2D eigenvalue weighted by Crippen LogP contribution is -2.60. The van der Waals surface area contributed by atoms with Gasteiger partial charge in [0.25, 0.3) is 0 Å². The topological polar surface area (TPSA) is 78.4 Å². The Balaban J connectivity index is 0.926. The molecule has 3 aliphatic carbocycles. The molecule has 9 heteroatoms. The second-order valence-corrected chi connectivity index (χ2v) is 16.4. The minimum absolute atomic E-state index is 0.206. The number of ether oxygens (including phenoxy) is 1. The van der Waals surface area contributed by atoms with Gasteiger partial charge in [-0.25, -0.2) is 0 Å². The molecule has 7 atom stereocenters. The van der Waals surface area contributed by atoms with Gasteiger partial charge in [-0.2, -0.15) is 0 Å². The molecule has 2 spiro atoms. The fraction of sp³-hybridized carbons (Fsp3) is 0.906. The SMILES string of the molecule is CC1(C)C[C@H]2CCCNC3CCCC(N3)SNCC3CCC(n4ccc(OCCC5C6(CC6)C56CC6)n4)NC3N1C2. The Bertz CT molecular complexity index is 1070. The summed E-state index contributed by atoms with van der Waals surface area (Å²) in [5.41, 5.74) is 1.74. The van der Waals surface area contributed by atoms with Crippen LogP contribution in [-0.4, -0.2) is 64.2 Å². The average molecular weight is 584 g/mol. The largest absolute Gasteiger partial charge is 0.477 e. The lowest BCUT2D eigenvalue weighted by Gasteiger charge is -2.47. The third-order valence-corrected chi connectivity index (χ3v) is 13.4. The standard InChI is InChI=1S/C32H53N7OS/c1-30(2)19-22-5-4-16-33-25-6-3-7-28(35-25)41-34-20-23-8-9-26(36-29(23)38(30)21-22)39-17-10-27(37-39)40-18-11-24-31(12-13-31)32(24)14-15-32/h10,17,22-26,28-29,33-36H,3-9,11-16,18-21H2,1-2H3/t22-,23?,25?,26?,28?,29?/m1/s1. The van der Waals surface area contributed by atoms with Gasteiger partial charge in [-0.15, -0.1) is 5.10 Å². The van der Waals surface area contributed by atoms with E-state index in [1.54, 1.807) is 0 Å². The van der Waals surface area contributed by atoms with E-state index in [1.807, 2.05) is 11.9 Å². The van der Waals surface area contributed by atoms with Crippen molar-refractivity contribution in [2.24, 2.45) is 28.6 Å². The molecule has 1 aromatic heterocycles. The van der Waals surface area contributed by atoms with Crippen LogP contribution in [0.25, 0.3) is 0 Å². The summed E-state index contributed by atoms with van der Waals surface area (Å²) < 4.78 is 12.2. The number of aromatic nitrogens is 2. The fourth-order valence-corrected chi connectivity index (χ4v) is 11.1. The van der Waals surface area contributed by atoms with E-state index in [-0.39, 0.29) is 11.7 Å². The fourth-order valence-electron chi connectivity index (χ4n) is 10.1. The molecule has 8 rings (SSSR count). The highest BCUT2D eigenvalue weighted by atomic mass is 32.2. The molecule has 0 radical (unpaired) electrons. The molecule has 4 bridgehead atoms. The summed E-state index contributed by atoms with van der Waals surface area (Å²) in [6.07, 6.45) is 20.3. The van der Waals surface area contributed by atoms with Crippen LogP contribution in [0.15, 0.2) is 12.3 Å². The van der Waals surface area contributed by atoms with Crippen LogP contribution in [-0.2, 0) is 0 Å². The Morgan fingerprint density at radius 2 is 1.88 bits per heavy atom. The number of rotatable bonds is 5. The second-order valence-electron chi connectivity index (χ2n) is 15.3. The Labute approximate surface area is 251 Å². The van der Waals surface area contributed by atoms with Crippen LogP contribution < -0.4 is 25.4 Å². The summed E-state index contributed by atoms with van der Waals surface area (Å²) in [5.74, 6) is 3.10. The van der Waals surface area contributed by atoms with Crippen molar-refractivity contribution in [1.82, 2.24) is 35.4 Å². The normalized spacial score (nSPS) is 40.9. The first-order valence-electron chi connectivity index (χ1n) is 17.0. The van der Waals surface area contributed by atoms with E-state index >= 15 is 0 Å². The zero-order valence-electron chi connectivity index (χ0n) is 25.4. The van der Waals surface area contributed by atoms with Gasteiger partial charge in [-0.05, 0) is 127 Å². The van der Waals surface area contributed by atoms with E-state index in [4.69, 9.17) is 9.84 Å². The summed E-state index contributed by atoms with van der Waals surface area (Å²) in [6.45, 7) is 9.14. The van der Waals surface area contributed by atoms with Crippen molar-refractivity contribution >= 4 is 11.9 Å². The Morgan fingerprint density at radius 1 is 1.02 bits per heavy atom.